The first-order valence-corrected chi connectivity index (χ1v) is 6.68. The second kappa shape index (κ2) is 5.46. The van der Waals surface area contributed by atoms with Gasteiger partial charge in [-0.05, 0) is 37.0 Å². The van der Waals surface area contributed by atoms with E-state index in [1.807, 2.05) is 0 Å². The maximum absolute atomic E-state index is 6.28. The molecule has 1 aromatic carbocycles. The second-order valence-corrected chi connectivity index (χ2v) is 5.49. The number of aryl methyl sites for hydroxylation is 1. The van der Waals surface area contributed by atoms with Crippen molar-refractivity contribution in [3.63, 3.8) is 0 Å². The van der Waals surface area contributed by atoms with Gasteiger partial charge in [0.25, 0.3) is 0 Å². The van der Waals surface area contributed by atoms with E-state index < -0.39 is 0 Å². The third kappa shape index (κ3) is 2.80. The molecule has 0 radical (unpaired) electrons. The molecular formula is C16H21N3. The van der Waals surface area contributed by atoms with Gasteiger partial charge in [0.15, 0.2) is 0 Å². The van der Waals surface area contributed by atoms with Gasteiger partial charge in [-0.2, -0.15) is 0 Å². The minimum atomic E-state index is -0.0685. The van der Waals surface area contributed by atoms with Crippen LogP contribution in [0.5, 0.6) is 0 Å². The minimum Gasteiger partial charge on any atom is -0.321 e. The molecule has 3 nitrogen and oxygen atoms in total. The van der Waals surface area contributed by atoms with Gasteiger partial charge >= 0.3 is 0 Å². The van der Waals surface area contributed by atoms with Crippen LogP contribution in [0.15, 0.2) is 18.2 Å². The van der Waals surface area contributed by atoms with E-state index in [2.05, 4.69) is 54.4 Å². The number of rotatable bonds is 4. The summed E-state index contributed by atoms with van der Waals surface area (Å²) in [5.74, 6) is 4.13. The van der Waals surface area contributed by atoms with E-state index in [1.165, 1.54) is 5.56 Å². The number of terminal acetylenes is 1. The fourth-order valence-corrected chi connectivity index (χ4v) is 2.41. The molecule has 2 rings (SSSR count). The van der Waals surface area contributed by atoms with Crippen LogP contribution in [0.4, 0.5) is 0 Å². The third-order valence-corrected chi connectivity index (χ3v) is 3.24. The van der Waals surface area contributed by atoms with Gasteiger partial charge in [0.2, 0.25) is 0 Å². The van der Waals surface area contributed by atoms with Crippen molar-refractivity contribution in [1.29, 1.82) is 0 Å². The number of fused-ring (bicyclic) bond motifs is 1. The maximum Gasteiger partial charge on any atom is 0.127 e. The predicted octanol–water partition coefficient (Wildman–Crippen LogP) is 3.02. The van der Waals surface area contributed by atoms with Crippen LogP contribution in [0.25, 0.3) is 11.0 Å². The average Bonchev–Trinajstić information content (AvgIpc) is 2.67. The molecule has 2 N–H and O–H groups in total. The number of nitrogens with zero attached hydrogens (tertiary/aromatic N) is 2. The Morgan fingerprint density at radius 2 is 2.16 bits per heavy atom. The summed E-state index contributed by atoms with van der Waals surface area (Å²) < 4.78 is 2.06. The molecule has 1 heterocycles. The molecule has 1 atom stereocenters. The molecule has 2 aromatic rings. The first-order valence-electron chi connectivity index (χ1n) is 6.68. The van der Waals surface area contributed by atoms with Gasteiger partial charge in [0.05, 0.1) is 23.6 Å². The van der Waals surface area contributed by atoms with Crippen LogP contribution in [0.1, 0.15) is 37.7 Å². The summed E-state index contributed by atoms with van der Waals surface area (Å²) in [7, 11) is 0. The fraction of sp³-hybridized carbons (Fsp3) is 0.438. The van der Waals surface area contributed by atoms with Crippen molar-refractivity contribution in [3.8, 4) is 12.3 Å². The van der Waals surface area contributed by atoms with Gasteiger partial charge in [-0.3, -0.25) is 0 Å². The molecule has 0 aliphatic heterocycles. The number of hydrogen-bond acceptors (Lipinski definition) is 2. The Kier molecular flexibility index (Phi) is 3.92. The quantitative estimate of drug-likeness (QED) is 0.853. The Hall–Kier alpha value is -1.79. The number of nitrogens with two attached hydrogens (primary N) is 1. The Bertz CT molecular complexity index is 617. The van der Waals surface area contributed by atoms with E-state index >= 15 is 0 Å². The minimum absolute atomic E-state index is 0.0685. The summed E-state index contributed by atoms with van der Waals surface area (Å²) in [6, 6.07) is 6.16. The van der Waals surface area contributed by atoms with E-state index in [0.717, 1.165) is 23.3 Å². The number of imidazole rings is 1. The van der Waals surface area contributed by atoms with Crippen LogP contribution in [-0.4, -0.2) is 9.55 Å². The van der Waals surface area contributed by atoms with Crippen molar-refractivity contribution in [2.75, 3.05) is 0 Å². The van der Waals surface area contributed by atoms with Crippen molar-refractivity contribution in [2.45, 2.75) is 39.8 Å². The first-order chi connectivity index (χ1) is 9.02. The van der Waals surface area contributed by atoms with Crippen LogP contribution < -0.4 is 5.73 Å². The lowest BCUT2D eigenvalue weighted by molar-refractivity contribution is 0.483. The highest BCUT2D eigenvalue weighted by atomic mass is 15.1. The number of benzene rings is 1. The lowest BCUT2D eigenvalue weighted by atomic mass is 10.0. The first kappa shape index (κ1) is 13.6. The van der Waals surface area contributed by atoms with E-state index in [-0.39, 0.29) is 6.04 Å². The molecule has 1 unspecified atom stereocenters. The number of aromatic nitrogens is 2. The summed E-state index contributed by atoms with van der Waals surface area (Å²) in [6.45, 7) is 6.91. The summed E-state index contributed by atoms with van der Waals surface area (Å²) in [4.78, 5) is 4.69. The van der Waals surface area contributed by atoms with Crippen molar-refractivity contribution in [2.24, 2.45) is 11.7 Å². The number of hydrogen-bond donors (Lipinski definition) is 1. The molecule has 0 amide bonds. The maximum atomic E-state index is 6.28. The van der Waals surface area contributed by atoms with Crippen LogP contribution in [-0.2, 0) is 6.54 Å². The van der Waals surface area contributed by atoms with E-state index in [4.69, 9.17) is 12.2 Å². The van der Waals surface area contributed by atoms with E-state index in [1.54, 1.807) is 0 Å². The summed E-state index contributed by atoms with van der Waals surface area (Å²) >= 11 is 0. The molecule has 1 aromatic heterocycles. The van der Waals surface area contributed by atoms with E-state index in [9.17, 15) is 0 Å². The molecule has 0 bridgehead atoms. The van der Waals surface area contributed by atoms with E-state index in [0.29, 0.717) is 12.5 Å². The molecule has 0 saturated carbocycles. The second-order valence-electron chi connectivity index (χ2n) is 5.49. The van der Waals surface area contributed by atoms with Crippen LogP contribution in [0.3, 0.4) is 0 Å². The van der Waals surface area contributed by atoms with Gasteiger partial charge < -0.3 is 10.3 Å². The van der Waals surface area contributed by atoms with Crippen LogP contribution in [0, 0.1) is 25.2 Å². The molecule has 3 heteroatoms. The van der Waals surface area contributed by atoms with Gasteiger partial charge in [0, 0.05) is 0 Å². The smallest absolute Gasteiger partial charge is 0.127 e. The Labute approximate surface area is 114 Å². The zero-order chi connectivity index (χ0) is 14.0. The van der Waals surface area contributed by atoms with Crippen molar-refractivity contribution >= 4 is 11.0 Å². The Morgan fingerprint density at radius 1 is 1.42 bits per heavy atom. The standard InChI is InChI=1S/C16H21N3/c1-5-8-19-15-7-6-12(4)10-14(15)18-16(19)13(17)9-11(2)3/h1,6-7,10-11,13H,8-9,17H2,2-4H3. The summed E-state index contributed by atoms with van der Waals surface area (Å²) in [6.07, 6.45) is 6.38. The fourth-order valence-electron chi connectivity index (χ4n) is 2.41. The Balaban J connectivity index is 2.53. The normalized spacial score (nSPS) is 12.8. The van der Waals surface area contributed by atoms with Gasteiger partial charge in [0.1, 0.15) is 5.82 Å². The largest absolute Gasteiger partial charge is 0.321 e. The lowest BCUT2D eigenvalue weighted by Crippen LogP contribution is -2.18. The van der Waals surface area contributed by atoms with Crippen molar-refractivity contribution in [3.05, 3.63) is 29.6 Å². The molecule has 100 valence electrons. The molecule has 19 heavy (non-hydrogen) atoms. The molecule has 0 saturated heterocycles. The molecule has 0 spiro atoms. The zero-order valence-electron chi connectivity index (χ0n) is 11.9. The molecule has 0 aliphatic rings. The van der Waals surface area contributed by atoms with Gasteiger partial charge in [-0.15, -0.1) is 6.42 Å². The third-order valence-electron chi connectivity index (χ3n) is 3.24. The highest BCUT2D eigenvalue weighted by molar-refractivity contribution is 5.77. The molecular weight excluding hydrogens is 234 g/mol. The highest BCUT2D eigenvalue weighted by Gasteiger charge is 2.17. The zero-order valence-corrected chi connectivity index (χ0v) is 11.9. The van der Waals surface area contributed by atoms with Crippen molar-refractivity contribution < 1.29 is 0 Å². The average molecular weight is 255 g/mol. The van der Waals surface area contributed by atoms with Gasteiger partial charge in [-0.1, -0.05) is 25.8 Å². The summed E-state index contributed by atoms with van der Waals surface area (Å²) in [5, 5.41) is 0. The monoisotopic (exact) mass is 255 g/mol. The predicted molar refractivity (Wildman–Crippen MR) is 79.7 cm³/mol. The Morgan fingerprint density at radius 3 is 2.79 bits per heavy atom. The van der Waals surface area contributed by atoms with Crippen molar-refractivity contribution in [1.82, 2.24) is 9.55 Å². The van der Waals surface area contributed by atoms with Gasteiger partial charge in [-0.25, -0.2) is 4.98 Å². The van der Waals surface area contributed by atoms with Crippen LogP contribution >= 0.6 is 0 Å². The molecule has 0 aliphatic carbocycles. The highest BCUT2D eigenvalue weighted by Crippen LogP contribution is 2.24. The van der Waals surface area contributed by atoms with Crippen LogP contribution in [0.2, 0.25) is 0 Å². The summed E-state index contributed by atoms with van der Waals surface area (Å²) in [5.41, 5.74) is 9.52. The lowest BCUT2D eigenvalue weighted by Gasteiger charge is -2.15. The SMILES string of the molecule is C#CCn1c(C(N)CC(C)C)nc2cc(C)ccc21. The topological polar surface area (TPSA) is 43.8 Å². The molecule has 0 fully saturated rings.